The first-order valence-corrected chi connectivity index (χ1v) is 5.56. The van der Waals surface area contributed by atoms with Gasteiger partial charge in [0.1, 0.15) is 5.56 Å². The number of anilines is 1. The summed E-state index contributed by atoms with van der Waals surface area (Å²) in [6, 6.07) is 2.46. The van der Waals surface area contributed by atoms with Crippen LogP contribution in [0.4, 0.5) is 11.4 Å². The summed E-state index contributed by atoms with van der Waals surface area (Å²) in [6.45, 7) is 1.63. The Kier molecular flexibility index (Phi) is 4.57. The van der Waals surface area contributed by atoms with Crippen LogP contribution in [0.3, 0.4) is 0 Å². The van der Waals surface area contributed by atoms with Crippen LogP contribution in [-0.2, 0) is 4.79 Å². The number of nitrogens with zero attached hydrogens (tertiary/aromatic N) is 2. The summed E-state index contributed by atoms with van der Waals surface area (Å²) in [5.41, 5.74) is -0.225. The lowest BCUT2D eigenvalue weighted by Gasteiger charge is -2.18. The lowest BCUT2D eigenvalue weighted by Crippen LogP contribution is -2.16. The number of rotatable bonds is 5. The second-order valence-corrected chi connectivity index (χ2v) is 3.94. The Bertz CT molecular complexity index is 525. The molecule has 0 aliphatic carbocycles. The minimum atomic E-state index is -0.651. The molecule has 102 valence electrons. The van der Waals surface area contributed by atoms with E-state index in [9.17, 15) is 19.7 Å². The summed E-state index contributed by atoms with van der Waals surface area (Å²) < 4.78 is 5.07. The summed E-state index contributed by atoms with van der Waals surface area (Å²) in [5, 5.41) is 10.9. The highest BCUT2D eigenvalue weighted by Gasteiger charge is 2.23. The molecule has 1 rings (SSSR count). The van der Waals surface area contributed by atoms with Crippen LogP contribution in [-0.4, -0.2) is 31.3 Å². The van der Waals surface area contributed by atoms with E-state index >= 15 is 0 Å². The molecule has 0 aliphatic rings. The van der Waals surface area contributed by atoms with Crippen molar-refractivity contribution in [2.24, 2.45) is 0 Å². The average molecular weight is 266 g/mol. The van der Waals surface area contributed by atoms with E-state index < -0.39 is 10.9 Å². The highest BCUT2D eigenvalue weighted by molar-refractivity contribution is 5.93. The first-order chi connectivity index (χ1) is 8.92. The fourth-order valence-electron chi connectivity index (χ4n) is 1.59. The van der Waals surface area contributed by atoms with Crippen LogP contribution >= 0.6 is 0 Å². The Morgan fingerprint density at radius 3 is 2.53 bits per heavy atom. The largest absolute Gasteiger partial charge is 0.424 e. The number of hydrogen-bond acceptors (Lipinski definition) is 6. The zero-order valence-electron chi connectivity index (χ0n) is 10.9. The van der Waals surface area contributed by atoms with E-state index in [1.165, 1.54) is 11.0 Å². The standard InChI is InChI=1S/C12H14N2O5/c1-4-11(16)19-10-6-5-9(14(17)18)8(7-15)12(10)13(2)3/h5-7H,4H2,1-3H3. The average Bonchev–Trinajstić information content (AvgIpc) is 2.36. The number of nitro groups is 1. The number of benzene rings is 1. The quantitative estimate of drug-likeness (QED) is 0.265. The second kappa shape index (κ2) is 5.94. The van der Waals surface area contributed by atoms with Crippen LogP contribution < -0.4 is 9.64 Å². The zero-order chi connectivity index (χ0) is 14.6. The number of hydrogen-bond donors (Lipinski definition) is 0. The minimum absolute atomic E-state index is 0.114. The third kappa shape index (κ3) is 3.06. The van der Waals surface area contributed by atoms with E-state index in [0.29, 0.717) is 6.29 Å². The van der Waals surface area contributed by atoms with E-state index in [1.54, 1.807) is 21.0 Å². The maximum absolute atomic E-state index is 11.3. The number of esters is 1. The fourth-order valence-corrected chi connectivity index (χ4v) is 1.59. The number of nitro benzene ring substituents is 1. The molecule has 0 radical (unpaired) electrons. The summed E-state index contributed by atoms with van der Waals surface area (Å²) in [4.78, 5) is 34.1. The Balaban J connectivity index is 3.45. The molecule has 0 heterocycles. The van der Waals surface area contributed by atoms with Gasteiger partial charge in [0.2, 0.25) is 0 Å². The maximum Gasteiger partial charge on any atom is 0.310 e. The van der Waals surface area contributed by atoms with Crippen molar-refractivity contribution in [1.29, 1.82) is 0 Å². The highest BCUT2D eigenvalue weighted by Crippen LogP contribution is 2.36. The summed E-state index contributed by atoms with van der Waals surface area (Å²) in [6.07, 6.45) is 0.553. The van der Waals surface area contributed by atoms with Gasteiger partial charge in [-0.15, -0.1) is 0 Å². The number of carbonyl (C=O) groups is 2. The molecular weight excluding hydrogens is 252 g/mol. The Morgan fingerprint density at radius 1 is 1.47 bits per heavy atom. The Hall–Kier alpha value is -2.44. The van der Waals surface area contributed by atoms with Gasteiger partial charge in [-0.3, -0.25) is 19.7 Å². The molecule has 0 bridgehead atoms. The van der Waals surface area contributed by atoms with Gasteiger partial charge in [-0.05, 0) is 6.07 Å². The van der Waals surface area contributed by atoms with Gasteiger partial charge in [0.05, 0.1) is 10.6 Å². The molecule has 0 fully saturated rings. The smallest absolute Gasteiger partial charge is 0.310 e. The Labute approximate surface area is 109 Å². The molecule has 1 aromatic rings. The van der Waals surface area contributed by atoms with E-state index in [2.05, 4.69) is 0 Å². The number of aldehydes is 1. The van der Waals surface area contributed by atoms with Crippen molar-refractivity contribution >= 4 is 23.6 Å². The van der Waals surface area contributed by atoms with Gasteiger partial charge in [-0.2, -0.15) is 0 Å². The SMILES string of the molecule is CCC(=O)Oc1ccc([N+](=O)[O-])c(C=O)c1N(C)C. The number of ether oxygens (including phenoxy) is 1. The zero-order valence-corrected chi connectivity index (χ0v) is 10.9. The highest BCUT2D eigenvalue weighted by atomic mass is 16.6. The molecular formula is C12H14N2O5. The summed E-state index contributed by atoms with van der Waals surface area (Å²) in [5.74, 6) is -0.349. The van der Waals surface area contributed by atoms with Crippen LogP contribution in [0, 0.1) is 10.1 Å². The first kappa shape index (κ1) is 14.6. The molecule has 0 saturated carbocycles. The molecule has 0 unspecified atom stereocenters. The van der Waals surface area contributed by atoms with Gasteiger partial charge in [0.25, 0.3) is 5.69 Å². The minimum Gasteiger partial charge on any atom is -0.424 e. The van der Waals surface area contributed by atoms with Gasteiger partial charge < -0.3 is 9.64 Å². The predicted octanol–water partition coefficient (Wildman–Crippen LogP) is 1.79. The van der Waals surface area contributed by atoms with Crippen molar-refractivity contribution in [3.05, 3.63) is 27.8 Å². The van der Waals surface area contributed by atoms with Gasteiger partial charge in [0, 0.05) is 26.6 Å². The van der Waals surface area contributed by atoms with Crippen molar-refractivity contribution < 1.29 is 19.2 Å². The molecule has 1 aromatic carbocycles. The first-order valence-electron chi connectivity index (χ1n) is 5.56. The summed E-state index contributed by atoms with van der Waals surface area (Å²) >= 11 is 0. The molecule has 7 heteroatoms. The summed E-state index contributed by atoms with van der Waals surface area (Å²) in [7, 11) is 3.21. The van der Waals surface area contributed by atoms with E-state index in [1.807, 2.05) is 0 Å². The Morgan fingerprint density at radius 2 is 2.11 bits per heavy atom. The number of carbonyl (C=O) groups excluding carboxylic acids is 2. The van der Waals surface area contributed by atoms with E-state index in [0.717, 1.165) is 6.07 Å². The molecule has 0 aromatic heterocycles. The van der Waals surface area contributed by atoms with Gasteiger partial charge in [-0.1, -0.05) is 6.92 Å². The normalized spacial score (nSPS) is 9.84. The maximum atomic E-state index is 11.3. The van der Waals surface area contributed by atoms with Crippen LogP contribution in [0.1, 0.15) is 23.7 Å². The van der Waals surface area contributed by atoms with Crippen molar-refractivity contribution in [3.63, 3.8) is 0 Å². The molecule has 0 aliphatic heterocycles. The van der Waals surface area contributed by atoms with Crippen LogP contribution in [0.15, 0.2) is 12.1 Å². The molecule has 0 amide bonds. The fraction of sp³-hybridized carbons (Fsp3) is 0.333. The van der Waals surface area contributed by atoms with E-state index in [4.69, 9.17) is 4.74 Å². The molecule has 0 atom stereocenters. The van der Waals surface area contributed by atoms with Crippen LogP contribution in [0.2, 0.25) is 0 Å². The third-order valence-electron chi connectivity index (χ3n) is 2.43. The van der Waals surface area contributed by atoms with Gasteiger partial charge in [0.15, 0.2) is 12.0 Å². The van der Waals surface area contributed by atoms with E-state index in [-0.39, 0.29) is 29.1 Å². The van der Waals surface area contributed by atoms with Crippen molar-refractivity contribution in [3.8, 4) is 5.75 Å². The lowest BCUT2D eigenvalue weighted by molar-refractivity contribution is -0.385. The molecule has 0 saturated heterocycles. The lowest BCUT2D eigenvalue weighted by atomic mass is 10.1. The molecule has 19 heavy (non-hydrogen) atoms. The second-order valence-electron chi connectivity index (χ2n) is 3.94. The van der Waals surface area contributed by atoms with Crippen LogP contribution in [0.25, 0.3) is 0 Å². The van der Waals surface area contributed by atoms with Crippen molar-refractivity contribution in [2.75, 3.05) is 19.0 Å². The monoisotopic (exact) mass is 266 g/mol. The van der Waals surface area contributed by atoms with Crippen LogP contribution in [0.5, 0.6) is 5.75 Å². The third-order valence-corrected chi connectivity index (χ3v) is 2.43. The van der Waals surface area contributed by atoms with Crippen molar-refractivity contribution in [1.82, 2.24) is 0 Å². The van der Waals surface area contributed by atoms with Crippen molar-refractivity contribution in [2.45, 2.75) is 13.3 Å². The predicted molar refractivity (Wildman–Crippen MR) is 68.7 cm³/mol. The molecule has 0 spiro atoms. The van der Waals surface area contributed by atoms with Gasteiger partial charge in [-0.25, -0.2) is 0 Å². The molecule has 7 nitrogen and oxygen atoms in total. The topological polar surface area (TPSA) is 89.7 Å². The van der Waals surface area contributed by atoms with Gasteiger partial charge >= 0.3 is 5.97 Å². The molecule has 0 N–H and O–H groups in total.